The number of aromatic nitrogens is 2. The Bertz CT molecular complexity index is 737. The molecule has 0 spiro atoms. The first-order chi connectivity index (χ1) is 8.65. The Kier molecular flexibility index (Phi) is 3.16. The van der Waals surface area contributed by atoms with Gasteiger partial charge in [-0.25, -0.2) is 9.18 Å². The lowest BCUT2D eigenvalue weighted by molar-refractivity contribution is 0.638. The van der Waals surface area contributed by atoms with Gasteiger partial charge >= 0.3 is 5.69 Å². The minimum atomic E-state index is -0.478. The van der Waals surface area contributed by atoms with Gasteiger partial charge in [-0.3, -0.25) is 4.57 Å². The van der Waals surface area contributed by atoms with Crippen molar-refractivity contribution < 1.29 is 4.39 Å². The second kappa shape index (κ2) is 4.76. The van der Waals surface area contributed by atoms with Gasteiger partial charge in [-0.2, -0.15) is 0 Å². The van der Waals surface area contributed by atoms with Crippen molar-refractivity contribution in [2.45, 2.75) is 6.92 Å². The number of fused-ring (bicyclic) bond motifs is 1. The zero-order valence-electron chi connectivity index (χ0n) is 9.77. The third kappa shape index (κ3) is 1.98. The largest absolute Gasteiger partial charge is 0.331 e. The Morgan fingerprint density at radius 2 is 2.22 bits per heavy atom. The number of hydrogen-bond donors (Lipinski definition) is 1. The lowest BCUT2D eigenvalue weighted by Crippen LogP contribution is -2.15. The smallest absolute Gasteiger partial charge is 0.305 e. The number of hydrogen-bond acceptors (Lipinski definition) is 1. The third-order valence-corrected chi connectivity index (χ3v) is 2.52. The van der Waals surface area contributed by atoms with Crippen LogP contribution in [0, 0.1) is 12.3 Å². The van der Waals surface area contributed by atoms with Crippen molar-refractivity contribution in [2.24, 2.45) is 0 Å². The molecular weight excluding hydrogens is 231 g/mol. The Morgan fingerprint density at radius 3 is 2.89 bits per heavy atom. The van der Waals surface area contributed by atoms with E-state index in [1.54, 1.807) is 24.3 Å². The molecule has 0 saturated carbocycles. The number of allylic oxidation sites excluding steroid dienone is 4. The van der Waals surface area contributed by atoms with Crippen molar-refractivity contribution in [1.29, 1.82) is 0 Å². The van der Waals surface area contributed by atoms with Crippen molar-refractivity contribution in [3.05, 3.63) is 52.7 Å². The van der Waals surface area contributed by atoms with Gasteiger partial charge in [-0.05, 0) is 31.2 Å². The van der Waals surface area contributed by atoms with Crippen LogP contribution in [0.15, 0.2) is 47.0 Å². The lowest BCUT2D eigenvalue weighted by atomic mass is 10.3. The number of nitrogens with one attached hydrogen (secondary N) is 1. The predicted molar refractivity (Wildman–Crippen MR) is 70.5 cm³/mol. The standard InChI is InChI=1S/C14H11FN2O/c1-3-4-8-12(10(2)15)17-13-9-6-5-7-11(13)16-14(17)18/h1,4-9H,2H3,(H,16,18)/b8-4-,12-10-. The second-order valence-electron chi connectivity index (χ2n) is 3.70. The summed E-state index contributed by atoms with van der Waals surface area (Å²) in [7, 11) is 0. The number of rotatable bonds is 2. The maximum atomic E-state index is 13.5. The molecule has 90 valence electrons. The summed E-state index contributed by atoms with van der Waals surface area (Å²) in [6.07, 6.45) is 7.86. The number of nitrogens with zero attached hydrogens (tertiary/aromatic N) is 1. The Balaban J connectivity index is 2.78. The van der Waals surface area contributed by atoms with Gasteiger partial charge in [0.2, 0.25) is 0 Å². The Hall–Kier alpha value is -2.54. The van der Waals surface area contributed by atoms with Crippen LogP contribution >= 0.6 is 0 Å². The lowest BCUT2D eigenvalue weighted by Gasteiger charge is -2.04. The highest BCUT2D eigenvalue weighted by Gasteiger charge is 2.10. The molecule has 18 heavy (non-hydrogen) atoms. The van der Waals surface area contributed by atoms with Gasteiger partial charge in [0.15, 0.2) is 0 Å². The van der Waals surface area contributed by atoms with E-state index in [1.165, 1.54) is 23.6 Å². The van der Waals surface area contributed by atoms with E-state index in [1.807, 2.05) is 0 Å². The molecule has 0 radical (unpaired) electrons. The maximum Gasteiger partial charge on any atom is 0.331 e. The molecule has 0 amide bonds. The minimum absolute atomic E-state index is 0.135. The van der Waals surface area contributed by atoms with Crippen LogP contribution < -0.4 is 5.69 Å². The van der Waals surface area contributed by atoms with E-state index in [4.69, 9.17) is 6.42 Å². The molecule has 1 aromatic carbocycles. The summed E-state index contributed by atoms with van der Waals surface area (Å²) >= 11 is 0. The van der Waals surface area contributed by atoms with Crippen LogP contribution in [0.5, 0.6) is 0 Å². The van der Waals surface area contributed by atoms with Gasteiger partial charge < -0.3 is 4.98 Å². The minimum Gasteiger partial charge on any atom is -0.305 e. The average Bonchev–Trinajstić information content (AvgIpc) is 2.66. The van der Waals surface area contributed by atoms with Crippen LogP contribution in [0.4, 0.5) is 4.39 Å². The number of halogens is 1. The molecule has 0 saturated heterocycles. The first-order valence-corrected chi connectivity index (χ1v) is 5.34. The SMILES string of the molecule is C#C/C=C\C(=C(/C)F)n1c(=O)[nH]c2ccccc21. The van der Waals surface area contributed by atoms with Crippen molar-refractivity contribution in [1.82, 2.24) is 9.55 Å². The highest BCUT2D eigenvalue weighted by atomic mass is 19.1. The summed E-state index contributed by atoms with van der Waals surface area (Å²) in [6, 6.07) is 7.07. The molecule has 0 unspecified atom stereocenters. The van der Waals surface area contributed by atoms with Crippen molar-refractivity contribution >= 4 is 16.7 Å². The summed E-state index contributed by atoms with van der Waals surface area (Å²) < 4.78 is 14.8. The third-order valence-electron chi connectivity index (χ3n) is 2.52. The van der Waals surface area contributed by atoms with E-state index < -0.39 is 11.5 Å². The first kappa shape index (κ1) is 11.9. The zero-order chi connectivity index (χ0) is 13.1. The monoisotopic (exact) mass is 242 g/mol. The molecule has 0 aliphatic heterocycles. The van der Waals surface area contributed by atoms with Gasteiger partial charge in [-0.1, -0.05) is 18.1 Å². The number of benzene rings is 1. The molecule has 2 aromatic rings. The maximum absolute atomic E-state index is 13.5. The van der Waals surface area contributed by atoms with E-state index in [0.717, 1.165) is 0 Å². The molecule has 1 heterocycles. The van der Waals surface area contributed by atoms with Crippen LogP contribution in [0.3, 0.4) is 0 Å². The number of aromatic amines is 1. The van der Waals surface area contributed by atoms with E-state index in [9.17, 15) is 9.18 Å². The van der Waals surface area contributed by atoms with Gasteiger partial charge in [-0.15, -0.1) is 6.42 Å². The van der Waals surface area contributed by atoms with E-state index in [2.05, 4.69) is 10.9 Å². The van der Waals surface area contributed by atoms with Crippen LogP contribution in [0.2, 0.25) is 0 Å². The predicted octanol–water partition coefficient (Wildman–Crippen LogP) is 2.68. The molecular formula is C14H11FN2O. The average molecular weight is 242 g/mol. The fraction of sp³-hybridized carbons (Fsp3) is 0.0714. The molecule has 3 nitrogen and oxygen atoms in total. The summed E-state index contributed by atoms with van der Waals surface area (Å²) in [4.78, 5) is 14.5. The number of imidazole rings is 1. The van der Waals surface area contributed by atoms with Gasteiger partial charge in [0.25, 0.3) is 0 Å². The molecule has 0 atom stereocenters. The molecule has 0 aliphatic carbocycles. The summed E-state index contributed by atoms with van der Waals surface area (Å²) in [5, 5.41) is 0. The van der Waals surface area contributed by atoms with Crippen molar-refractivity contribution in [3.8, 4) is 12.3 Å². The zero-order valence-corrected chi connectivity index (χ0v) is 9.77. The molecule has 4 heteroatoms. The second-order valence-corrected chi connectivity index (χ2v) is 3.70. The molecule has 1 N–H and O–H groups in total. The van der Waals surface area contributed by atoms with Crippen LogP contribution in [0.25, 0.3) is 16.7 Å². The molecule has 0 fully saturated rings. The topological polar surface area (TPSA) is 37.8 Å². The van der Waals surface area contributed by atoms with Crippen LogP contribution in [-0.4, -0.2) is 9.55 Å². The number of para-hydroxylation sites is 2. The van der Waals surface area contributed by atoms with Gasteiger partial charge in [0, 0.05) is 0 Å². The summed E-state index contributed by atoms with van der Waals surface area (Å²) in [5.74, 6) is 1.80. The normalized spacial score (nSPS) is 12.7. The Morgan fingerprint density at radius 1 is 1.50 bits per heavy atom. The van der Waals surface area contributed by atoms with E-state index in [-0.39, 0.29) is 5.70 Å². The van der Waals surface area contributed by atoms with Crippen molar-refractivity contribution in [3.63, 3.8) is 0 Å². The van der Waals surface area contributed by atoms with E-state index in [0.29, 0.717) is 11.0 Å². The van der Waals surface area contributed by atoms with Gasteiger partial charge in [0.1, 0.15) is 5.83 Å². The van der Waals surface area contributed by atoms with Gasteiger partial charge in [0.05, 0.1) is 16.7 Å². The fourth-order valence-electron chi connectivity index (χ4n) is 1.76. The van der Waals surface area contributed by atoms with Crippen LogP contribution in [0.1, 0.15) is 6.92 Å². The fourth-order valence-corrected chi connectivity index (χ4v) is 1.76. The molecule has 0 aliphatic rings. The molecule has 0 bridgehead atoms. The molecule has 2 rings (SSSR count). The number of H-pyrrole nitrogens is 1. The van der Waals surface area contributed by atoms with Crippen molar-refractivity contribution in [2.75, 3.05) is 0 Å². The highest BCUT2D eigenvalue weighted by Crippen LogP contribution is 2.18. The highest BCUT2D eigenvalue weighted by molar-refractivity contribution is 5.81. The summed E-state index contributed by atoms with van der Waals surface area (Å²) in [6.45, 7) is 1.28. The van der Waals surface area contributed by atoms with E-state index >= 15 is 0 Å². The Labute approximate surface area is 103 Å². The van der Waals surface area contributed by atoms with Crippen LogP contribution in [-0.2, 0) is 0 Å². The molecule has 1 aromatic heterocycles. The number of terminal acetylenes is 1. The first-order valence-electron chi connectivity index (χ1n) is 5.34. The quantitative estimate of drug-likeness (QED) is 0.638. The summed E-state index contributed by atoms with van der Waals surface area (Å²) in [5.41, 5.74) is 0.992.